The number of hydrogen-bond donors (Lipinski definition) is 1. The first-order valence-corrected chi connectivity index (χ1v) is 7.41. The van der Waals surface area contributed by atoms with Gasteiger partial charge in [-0.25, -0.2) is 4.79 Å². The Morgan fingerprint density at radius 3 is 2.43 bits per heavy atom. The molecule has 0 aliphatic heterocycles. The zero-order valence-corrected chi connectivity index (χ0v) is 13.4. The number of carbonyl (C=O) groups is 1. The first kappa shape index (κ1) is 16.7. The Kier molecular flexibility index (Phi) is 5.86. The standard InChI is InChI=1S/C18H21NO4/c1-13-16(19)5-3-6-17(13)23-12-4-11-22-15-9-7-14(8-10-15)18(20)21-2/h3,5-10H,4,11-12,19H2,1-2H3. The molecule has 0 radical (unpaired) electrons. The van der Waals surface area contributed by atoms with Gasteiger partial charge in [-0.05, 0) is 43.3 Å². The van der Waals surface area contributed by atoms with E-state index in [2.05, 4.69) is 4.74 Å². The summed E-state index contributed by atoms with van der Waals surface area (Å²) in [6.07, 6.45) is 0.743. The van der Waals surface area contributed by atoms with Gasteiger partial charge in [0, 0.05) is 17.7 Å². The first-order valence-electron chi connectivity index (χ1n) is 7.41. The van der Waals surface area contributed by atoms with Gasteiger partial charge in [-0.15, -0.1) is 0 Å². The van der Waals surface area contributed by atoms with Gasteiger partial charge in [0.15, 0.2) is 0 Å². The maximum atomic E-state index is 11.3. The summed E-state index contributed by atoms with van der Waals surface area (Å²) in [5, 5.41) is 0. The van der Waals surface area contributed by atoms with Crippen molar-refractivity contribution in [2.24, 2.45) is 0 Å². The van der Waals surface area contributed by atoms with Gasteiger partial charge in [-0.2, -0.15) is 0 Å². The molecule has 0 amide bonds. The molecule has 2 N–H and O–H groups in total. The lowest BCUT2D eigenvalue weighted by Crippen LogP contribution is -2.06. The molecular weight excluding hydrogens is 294 g/mol. The number of nitrogens with two attached hydrogens (primary N) is 1. The zero-order chi connectivity index (χ0) is 16.7. The van der Waals surface area contributed by atoms with Crippen molar-refractivity contribution in [2.75, 3.05) is 26.1 Å². The summed E-state index contributed by atoms with van der Waals surface area (Å²) >= 11 is 0. The van der Waals surface area contributed by atoms with Gasteiger partial charge >= 0.3 is 5.97 Å². The van der Waals surface area contributed by atoms with Gasteiger partial charge in [-0.1, -0.05) is 6.07 Å². The Hall–Kier alpha value is -2.69. The molecule has 0 bridgehead atoms. The molecule has 0 aliphatic carbocycles. The lowest BCUT2D eigenvalue weighted by atomic mass is 10.2. The fourth-order valence-electron chi connectivity index (χ4n) is 2.02. The van der Waals surface area contributed by atoms with E-state index >= 15 is 0 Å². The summed E-state index contributed by atoms with van der Waals surface area (Å²) in [5.74, 6) is 1.15. The number of methoxy groups -OCH3 is 1. The Morgan fingerprint density at radius 1 is 1.04 bits per heavy atom. The predicted octanol–water partition coefficient (Wildman–Crippen LogP) is 3.21. The summed E-state index contributed by atoms with van der Waals surface area (Å²) < 4.78 is 16.0. The van der Waals surface area contributed by atoms with Crippen LogP contribution in [-0.4, -0.2) is 26.3 Å². The van der Waals surface area contributed by atoms with Crippen molar-refractivity contribution in [3.63, 3.8) is 0 Å². The number of esters is 1. The van der Waals surface area contributed by atoms with Crippen molar-refractivity contribution in [1.29, 1.82) is 0 Å². The average molecular weight is 315 g/mol. The molecule has 0 aromatic heterocycles. The van der Waals surface area contributed by atoms with Crippen LogP contribution in [0.1, 0.15) is 22.3 Å². The summed E-state index contributed by atoms with van der Waals surface area (Å²) in [5.41, 5.74) is 8.01. The Bertz CT molecular complexity index is 653. The highest BCUT2D eigenvalue weighted by molar-refractivity contribution is 5.89. The van der Waals surface area contributed by atoms with Gasteiger partial charge in [-0.3, -0.25) is 0 Å². The van der Waals surface area contributed by atoms with Crippen LogP contribution >= 0.6 is 0 Å². The number of ether oxygens (including phenoxy) is 3. The number of carbonyl (C=O) groups excluding carboxylic acids is 1. The Labute approximate surface area is 136 Å². The molecule has 0 spiro atoms. The van der Waals surface area contributed by atoms with Crippen LogP contribution in [0.15, 0.2) is 42.5 Å². The van der Waals surface area contributed by atoms with Crippen LogP contribution in [0.4, 0.5) is 5.69 Å². The highest BCUT2D eigenvalue weighted by Gasteiger charge is 2.05. The van der Waals surface area contributed by atoms with Crippen LogP contribution in [0.2, 0.25) is 0 Å². The van der Waals surface area contributed by atoms with Gasteiger partial charge < -0.3 is 19.9 Å². The lowest BCUT2D eigenvalue weighted by molar-refractivity contribution is 0.0600. The molecule has 0 fully saturated rings. The summed E-state index contributed by atoms with van der Waals surface area (Å²) in [7, 11) is 1.36. The van der Waals surface area contributed by atoms with E-state index in [4.69, 9.17) is 15.2 Å². The third-order valence-electron chi connectivity index (χ3n) is 3.42. The lowest BCUT2D eigenvalue weighted by Gasteiger charge is -2.11. The number of benzene rings is 2. The summed E-state index contributed by atoms with van der Waals surface area (Å²) in [6.45, 7) is 3.01. The second kappa shape index (κ2) is 8.08. The van der Waals surface area contributed by atoms with Gasteiger partial charge in [0.25, 0.3) is 0 Å². The molecule has 2 aromatic rings. The first-order chi connectivity index (χ1) is 11.1. The number of hydrogen-bond acceptors (Lipinski definition) is 5. The highest BCUT2D eigenvalue weighted by atomic mass is 16.5. The molecule has 0 unspecified atom stereocenters. The fraction of sp³-hybridized carbons (Fsp3) is 0.278. The number of nitrogen functional groups attached to an aromatic ring is 1. The van der Waals surface area contributed by atoms with Crippen molar-refractivity contribution in [2.45, 2.75) is 13.3 Å². The molecule has 5 nitrogen and oxygen atoms in total. The average Bonchev–Trinajstić information content (AvgIpc) is 2.58. The SMILES string of the molecule is COC(=O)c1ccc(OCCCOc2cccc(N)c2C)cc1. The molecule has 0 heterocycles. The van der Waals surface area contributed by atoms with E-state index in [1.807, 2.05) is 25.1 Å². The van der Waals surface area contributed by atoms with Crippen molar-refractivity contribution < 1.29 is 19.0 Å². The largest absolute Gasteiger partial charge is 0.493 e. The molecule has 23 heavy (non-hydrogen) atoms. The molecule has 2 rings (SSSR count). The minimum atomic E-state index is -0.359. The Morgan fingerprint density at radius 2 is 1.74 bits per heavy atom. The molecule has 0 saturated carbocycles. The van der Waals surface area contributed by atoms with E-state index in [9.17, 15) is 4.79 Å². The maximum Gasteiger partial charge on any atom is 0.337 e. The van der Waals surface area contributed by atoms with Gasteiger partial charge in [0.2, 0.25) is 0 Å². The molecular formula is C18H21NO4. The molecule has 0 saturated heterocycles. The smallest absolute Gasteiger partial charge is 0.337 e. The predicted molar refractivity (Wildman–Crippen MR) is 89.0 cm³/mol. The van der Waals surface area contributed by atoms with E-state index < -0.39 is 0 Å². The third kappa shape index (κ3) is 4.64. The van der Waals surface area contributed by atoms with E-state index in [1.54, 1.807) is 24.3 Å². The van der Waals surface area contributed by atoms with Gasteiger partial charge in [0.1, 0.15) is 11.5 Å². The van der Waals surface area contributed by atoms with E-state index in [1.165, 1.54) is 7.11 Å². The van der Waals surface area contributed by atoms with Crippen molar-refractivity contribution >= 4 is 11.7 Å². The number of anilines is 1. The quantitative estimate of drug-likeness (QED) is 0.482. The van der Waals surface area contributed by atoms with Crippen LogP contribution in [0.3, 0.4) is 0 Å². The van der Waals surface area contributed by atoms with Gasteiger partial charge in [0.05, 0.1) is 25.9 Å². The normalized spacial score (nSPS) is 10.2. The minimum Gasteiger partial charge on any atom is -0.493 e. The van der Waals surface area contributed by atoms with Crippen LogP contribution < -0.4 is 15.2 Å². The third-order valence-corrected chi connectivity index (χ3v) is 3.42. The van der Waals surface area contributed by atoms with E-state index in [-0.39, 0.29) is 5.97 Å². The fourth-order valence-corrected chi connectivity index (χ4v) is 2.02. The molecule has 122 valence electrons. The molecule has 2 aromatic carbocycles. The minimum absolute atomic E-state index is 0.359. The molecule has 5 heteroatoms. The number of rotatable bonds is 7. The van der Waals surface area contributed by atoms with Crippen LogP contribution in [-0.2, 0) is 4.74 Å². The second-order valence-corrected chi connectivity index (χ2v) is 5.04. The van der Waals surface area contributed by atoms with Crippen LogP contribution in [0.25, 0.3) is 0 Å². The molecule has 0 aliphatic rings. The van der Waals surface area contributed by atoms with Crippen molar-refractivity contribution in [3.8, 4) is 11.5 Å². The highest BCUT2D eigenvalue weighted by Crippen LogP contribution is 2.22. The second-order valence-electron chi connectivity index (χ2n) is 5.04. The summed E-state index contributed by atoms with van der Waals surface area (Å²) in [6, 6.07) is 12.5. The van der Waals surface area contributed by atoms with Crippen LogP contribution in [0.5, 0.6) is 11.5 Å². The zero-order valence-electron chi connectivity index (χ0n) is 13.4. The molecule has 0 atom stereocenters. The monoisotopic (exact) mass is 315 g/mol. The maximum absolute atomic E-state index is 11.3. The van der Waals surface area contributed by atoms with Crippen LogP contribution in [0, 0.1) is 6.92 Å². The van der Waals surface area contributed by atoms with Crippen molar-refractivity contribution in [3.05, 3.63) is 53.6 Å². The topological polar surface area (TPSA) is 70.8 Å². The van der Waals surface area contributed by atoms with Crippen molar-refractivity contribution in [1.82, 2.24) is 0 Å². The Balaban J connectivity index is 1.73. The van der Waals surface area contributed by atoms with E-state index in [0.717, 1.165) is 23.4 Å². The van der Waals surface area contributed by atoms with E-state index in [0.29, 0.717) is 24.5 Å². The summed E-state index contributed by atoms with van der Waals surface area (Å²) in [4.78, 5) is 11.3.